The van der Waals surface area contributed by atoms with E-state index in [2.05, 4.69) is 64.0 Å². The van der Waals surface area contributed by atoms with Crippen LogP contribution in [0.5, 0.6) is 0 Å². The first-order valence-electron chi connectivity index (χ1n) is 10.6. The van der Waals surface area contributed by atoms with Crippen LogP contribution in [-0.2, 0) is 0 Å². The fourth-order valence-electron chi connectivity index (χ4n) is 4.56. The number of thiol groups is 1. The number of nitrogens with zero attached hydrogens (tertiary/aromatic N) is 2. The third-order valence-electron chi connectivity index (χ3n) is 5.89. The van der Waals surface area contributed by atoms with Crippen molar-refractivity contribution >= 4 is 36.2 Å². The van der Waals surface area contributed by atoms with Crippen LogP contribution in [0.4, 0.5) is 0 Å². The summed E-state index contributed by atoms with van der Waals surface area (Å²) in [6.07, 6.45) is 11.8. The van der Waals surface area contributed by atoms with Gasteiger partial charge in [0.1, 0.15) is 4.20 Å². The highest BCUT2D eigenvalue weighted by molar-refractivity contribution is 8.18. The maximum Gasteiger partial charge on any atom is 0.116 e. The molecule has 3 atom stereocenters. The van der Waals surface area contributed by atoms with E-state index < -0.39 is 0 Å². The molecule has 1 N–H and O–H groups in total. The minimum atomic E-state index is 0.155. The summed E-state index contributed by atoms with van der Waals surface area (Å²) < 4.78 is 0.155. The summed E-state index contributed by atoms with van der Waals surface area (Å²) >= 11 is 9.48. The van der Waals surface area contributed by atoms with Gasteiger partial charge < -0.3 is 5.32 Å². The van der Waals surface area contributed by atoms with Crippen molar-refractivity contribution in [3.63, 3.8) is 0 Å². The van der Waals surface area contributed by atoms with Crippen LogP contribution in [0.15, 0.2) is 25.3 Å². The first-order valence-corrected chi connectivity index (χ1v) is 12.9. The summed E-state index contributed by atoms with van der Waals surface area (Å²) in [5, 5.41) is 5.51. The molecule has 0 aliphatic carbocycles. The molecule has 0 radical (unpaired) electrons. The lowest BCUT2D eigenvalue weighted by atomic mass is 10.1. The fraction of sp³-hybridized carbons (Fsp3) is 0.810. The molecule has 6 heteroatoms. The molecule has 0 aromatic heterocycles. The van der Waals surface area contributed by atoms with E-state index in [4.69, 9.17) is 12.6 Å². The van der Waals surface area contributed by atoms with Crippen molar-refractivity contribution in [1.82, 2.24) is 15.1 Å². The Kier molecular flexibility index (Phi) is 8.99. The summed E-state index contributed by atoms with van der Waals surface area (Å²) in [4.78, 5) is 5.30. The molecule has 3 heterocycles. The van der Waals surface area contributed by atoms with Crippen LogP contribution in [0, 0.1) is 0 Å². The van der Waals surface area contributed by atoms with Crippen molar-refractivity contribution in [2.24, 2.45) is 0 Å². The van der Waals surface area contributed by atoms with Crippen LogP contribution in [0.3, 0.4) is 0 Å². The predicted molar refractivity (Wildman–Crippen MR) is 127 cm³/mol. The Morgan fingerprint density at radius 1 is 1.00 bits per heavy atom. The number of piperidine rings is 3. The number of hydrogen-bond donors (Lipinski definition) is 2. The molecule has 0 spiro atoms. The number of likely N-dealkylation sites (tertiary alicyclic amines) is 2. The first-order chi connectivity index (χ1) is 13.1. The highest BCUT2D eigenvalue weighted by atomic mass is 32.2. The second-order valence-electron chi connectivity index (χ2n) is 8.09. The van der Waals surface area contributed by atoms with Gasteiger partial charge >= 0.3 is 0 Å². The Labute approximate surface area is 180 Å². The summed E-state index contributed by atoms with van der Waals surface area (Å²) in [7, 11) is 0. The Morgan fingerprint density at radius 2 is 1.74 bits per heavy atom. The van der Waals surface area contributed by atoms with E-state index in [1.807, 2.05) is 0 Å². The van der Waals surface area contributed by atoms with Crippen LogP contribution in [0.2, 0.25) is 0 Å². The van der Waals surface area contributed by atoms with Gasteiger partial charge in [-0.2, -0.15) is 12.6 Å². The average Bonchev–Trinajstić information content (AvgIpc) is 2.65. The van der Waals surface area contributed by atoms with Gasteiger partial charge in [-0.05, 0) is 58.2 Å². The van der Waals surface area contributed by atoms with Crippen molar-refractivity contribution in [1.29, 1.82) is 0 Å². The van der Waals surface area contributed by atoms with Gasteiger partial charge in [-0.15, -0.1) is 36.7 Å². The van der Waals surface area contributed by atoms with Crippen molar-refractivity contribution < 1.29 is 0 Å². The van der Waals surface area contributed by atoms with E-state index >= 15 is 0 Å². The van der Waals surface area contributed by atoms with Gasteiger partial charge in [0.15, 0.2) is 0 Å². The van der Waals surface area contributed by atoms with Crippen LogP contribution in [0.1, 0.15) is 38.5 Å². The minimum Gasteiger partial charge on any atom is -0.317 e. The molecule has 154 valence electrons. The van der Waals surface area contributed by atoms with Gasteiger partial charge in [0.25, 0.3) is 0 Å². The Balaban J connectivity index is 1.76. The number of rotatable bonds is 8. The fourth-order valence-corrected chi connectivity index (χ4v) is 9.53. The second kappa shape index (κ2) is 11.0. The monoisotopic (exact) mass is 427 g/mol. The second-order valence-corrected chi connectivity index (χ2v) is 12.2. The van der Waals surface area contributed by atoms with Gasteiger partial charge in [0.2, 0.25) is 0 Å². The van der Waals surface area contributed by atoms with E-state index in [0.717, 1.165) is 24.9 Å². The van der Waals surface area contributed by atoms with Gasteiger partial charge in [-0.3, -0.25) is 9.80 Å². The molecule has 0 saturated carbocycles. The molecule has 0 amide bonds. The molecule has 3 aliphatic heterocycles. The molecule has 3 fully saturated rings. The molecule has 0 bridgehead atoms. The van der Waals surface area contributed by atoms with Crippen LogP contribution in [-0.4, -0.2) is 75.6 Å². The zero-order chi connectivity index (χ0) is 19.1. The van der Waals surface area contributed by atoms with Gasteiger partial charge in [0.05, 0.1) is 0 Å². The molecule has 3 unspecified atom stereocenters. The smallest absolute Gasteiger partial charge is 0.116 e. The van der Waals surface area contributed by atoms with Crippen molar-refractivity contribution in [2.45, 2.75) is 58.5 Å². The number of nitrogens with one attached hydrogen (secondary N) is 1. The minimum absolute atomic E-state index is 0.155. The van der Waals surface area contributed by atoms with Gasteiger partial charge in [-0.25, -0.2) is 0 Å². The van der Waals surface area contributed by atoms with Crippen LogP contribution < -0.4 is 5.32 Å². The molecule has 0 aromatic rings. The van der Waals surface area contributed by atoms with E-state index in [-0.39, 0.29) is 4.20 Å². The maximum absolute atomic E-state index is 4.96. The van der Waals surface area contributed by atoms with E-state index in [1.165, 1.54) is 64.7 Å². The third kappa shape index (κ3) is 6.19. The maximum atomic E-state index is 4.96. The van der Waals surface area contributed by atoms with Crippen molar-refractivity contribution in [2.75, 3.05) is 45.8 Å². The Morgan fingerprint density at radius 3 is 2.48 bits per heavy atom. The first kappa shape index (κ1) is 22.1. The molecule has 3 saturated heterocycles. The number of hydrogen-bond acceptors (Lipinski definition) is 6. The topological polar surface area (TPSA) is 18.5 Å². The average molecular weight is 428 g/mol. The van der Waals surface area contributed by atoms with Gasteiger partial charge in [0, 0.05) is 41.9 Å². The molecular formula is C21H37N3S3. The van der Waals surface area contributed by atoms with Crippen molar-refractivity contribution in [3.05, 3.63) is 25.3 Å². The standard InChI is InChI=1S/C21H37N3S3/c1-3-12-23-14-5-6-20(17-23)27-21(26-19-7-10-22-11-8-19)16-18(25)9-15-24(21)13-4-2/h3-4,18-20,22,25H,1-2,5-17H2. The lowest BCUT2D eigenvalue weighted by Gasteiger charge is -2.51. The normalized spacial score (nSPS) is 34.4. The highest BCUT2D eigenvalue weighted by Crippen LogP contribution is 2.53. The highest BCUT2D eigenvalue weighted by Gasteiger charge is 2.46. The summed E-state index contributed by atoms with van der Waals surface area (Å²) in [6, 6.07) is 0. The number of thioether (sulfide) groups is 2. The Hall–Kier alpha value is 0.410. The summed E-state index contributed by atoms with van der Waals surface area (Å²) in [5.41, 5.74) is 0. The lowest BCUT2D eigenvalue weighted by molar-refractivity contribution is 0.204. The van der Waals surface area contributed by atoms with E-state index in [1.54, 1.807) is 0 Å². The van der Waals surface area contributed by atoms with Crippen LogP contribution >= 0.6 is 36.2 Å². The zero-order valence-corrected chi connectivity index (χ0v) is 19.2. The third-order valence-corrected chi connectivity index (χ3v) is 10.0. The molecular weight excluding hydrogens is 390 g/mol. The summed E-state index contributed by atoms with van der Waals surface area (Å²) in [5.74, 6) is 0. The van der Waals surface area contributed by atoms with Gasteiger partial charge in [-0.1, -0.05) is 12.2 Å². The molecule has 3 rings (SSSR count). The van der Waals surface area contributed by atoms with E-state index in [9.17, 15) is 0 Å². The zero-order valence-electron chi connectivity index (χ0n) is 16.7. The summed E-state index contributed by atoms with van der Waals surface area (Å²) in [6.45, 7) is 15.9. The largest absolute Gasteiger partial charge is 0.317 e. The predicted octanol–water partition coefficient (Wildman–Crippen LogP) is 4.09. The SMILES string of the molecule is C=CCN1CCCC(SC2(SC3CCNCC3)CC(S)CCN2CC=C)C1. The molecule has 3 aliphatic rings. The Bertz CT molecular complexity index is 483. The quantitative estimate of drug-likeness (QED) is 0.344. The van der Waals surface area contributed by atoms with Crippen LogP contribution in [0.25, 0.3) is 0 Å². The molecule has 3 nitrogen and oxygen atoms in total. The van der Waals surface area contributed by atoms with E-state index in [0.29, 0.717) is 10.5 Å². The molecule has 0 aromatic carbocycles. The molecule has 27 heavy (non-hydrogen) atoms. The lowest BCUT2D eigenvalue weighted by Crippen LogP contribution is -2.53. The van der Waals surface area contributed by atoms with Crippen molar-refractivity contribution in [3.8, 4) is 0 Å².